The topological polar surface area (TPSA) is 99.1 Å². The van der Waals surface area contributed by atoms with Crippen molar-refractivity contribution >= 4 is 11.9 Å². The molecule has 0 saturated carbocycles. The third kappa shape index (κ3) is 4.88. The number of hydrogen-bond donors (Lipinski definition) is 2. The number of likely N-dealkylation sites (tertiary alicyclic amines) is 1. The van der Waals surface area contributed by atoms with Crippen LogP contribution in [0.5, 0.6) is 0 Å². The third-order valence-corrected chi connectivity index (χ3v) is 4.92. The molecule has 1 aliphatic heterocycles. The van der Waals surface area contributed by atoms with Crippen molar-refractivity contribution in [3.05, 3.63) is 40.8 Å². The first kappa shape index (κ1) is 20.0. The summed E-state index contributed by atoms with van der Waals surface area (Å²) in [5.74, 6) is -1.41. The highest BCUT2D eigenvalue weighted by Crippen LogP contribution is 2.30. The number of hydrogen-bond acceptors (Lipinski definition) is 5. The molecule has 2 rings (SSSR count). The highest BCUT2D eigenvalue weighted by Gasteiger charge is 2.48. The average molecular weight is 361 g/mol. The minimum Gasteiger partial charge on any atom is -0.480 e. The van der Waals surface area contributed by atoms with Gasteiger partial charge in [0.1, 0.15) is 11.6 Å². The van der Waals surface area contributed by atoms with Crippen molar-refractivity contribution in [3.63, 3.8) is 0 Å². The van der Waals surface area contributed by atoms with E-state index in [2.05, 4.69) is 22.6 Å². The predicted octanol–water partition coefficient (Wildman–Crippen LogP) is 2.20. The van der Waals surface area contributed by atoms with Crippen molar-refractivity contribution < 1.29 is 14.7 Å². The Kier molecular flexibility index (Phi) is 6.47. The quantitative estimate of drug-likeness (QED) is 0.692. The lowest BCUT2D eigenvalue weighted by atomic mass is 10.0. The zero-order valence-corrected chi connectivity index (χ0v) is 15.5. The molecule has 1 fully saturated rings. The van der Waals surface area contributed by atoms with Gasteiger partial charge < -0.3 is 15.3 Å². The van der Waals surface area contributed by atoms with E-state index >= 15 is 0 Å². The van der Waals surface area contributed by atoms with Gasteiger partial charge in [0.15, 0.2) is 0 Å². The lowest BCUT2D eigenvalue weighted by Crippen LogP contribution is -2.51. The number of nitroso groups, excluding NO2 is 1. The fraction of sp³-hybridized carbons (Fsp3) is 0.579. The van der Waals surface area contributed by atoms with Crippen molar-refractivity contribution in [1.82, 2.24) is 10.2 Å². The second-order valence-corrected chi connectivity index (χ2v) is 7.43. The number of aryl methyl sites for hydroxylation is 1. The number of carbonyl (C=O) groups excluding carboxylic acids is 1. The van der Waals surface area contributed by atoms with E-state index in [9.17, 15) is 19.6 Å². The van der Waals surface area contributed by atoms with Crippen LogP contribution in [-0.2, 0) is 16.0 Å². The molecular weight excluding hydrogens is 334 g/mol. The second kappa shape index (κ2) is 8.40. The smallest absolute Gasteiger partial charge is 0.326 e. The molecule has 4 atom stereocenters. The van der Waals surface area contributed by atoms with Crippen LogP contribution in [0.15, 0.2) is 35.5 Å². The predicted molar refractivity (Wildman–Crippen MR) is 98.8 cm³/mol. The van der Waals surface area contributed by atoms with Crippen LogP contribution in [0.4, 0.5) is 0 Å². The van der Waals surface area contributed by atoms with Gasteiger partial charge in [0.05, 0.1) is 12.6 Å². The fourth-order valence-corrected chi connectivity index (χ4v) is 3.44. The summed E-state index contributed by atoms with van der Waals surface area (Å²) >= 11 is 0. The molecule has 1 amide bonds. The van der Waals surface area contributed by atoms with E-state index in [0.29, 0.717) is 0 Å². The van der Waals surface area contributed by atoms with Crippen LogP contribution in [0.3, 0.4) is 0 Å². The molecule has 1 aromatic rings. The summed E-state index contributed by atoms with van der Waals surface area (Å²) in [5, 5.41) is 15.7. The number of carbonyl (C=O) groups is 2. The summed E-state index contributed by atoms with van der Waals surface area (Å²) in [6.07, 6.45) is 1.80. The molecule has 26 heavy (non-hydrogen) atoms. The van der Waals surface area contributed by atoms with E-state index in [-0.39, 0.29) is 24.9 Å². The van der Waals surface area contributed by atoms with Crippen LogP contribution < -0.4 is 5.32 Å². The highest BCUT2D eigenvalue weighted by molar-refractivity contribution is 5.87. The Morgan fingerprint density at radius 3 is 2.58 bits per heavy atom. The van der Waals surface area contributed by atoms with Gasteiger partial charge in [0.25, 0.3) is 0 Å². The Hall–Kier alpha value is -2.28. The van der Waals surface area contributed by atoms with Crippen LogP contribution in [0.2, 0.25) is 0 Å². The van der Waals surface area contributed by atoms with Gasteiger partial charge in [-0.3, -0.25) is 4.79 Å². The Balaban J connectivity index is 1.93. The maximum absolute atomic E-state index is 12.7. The standard InChI is InChI=1S/C19H27N3O4/c1-13(9-10-15-7-5-4-6-8-15)20-14(2)17(23)22-12-19(3,21-26)11-16(22)18(24)25/h4-8,13-14,16,20H,9-12H2,1-3H3,(H,24,25)/t13-,14+,16+,19?/m1/s1. The molecule has 0 spiro atoms. The monoisotopic (exact) mass is 361 g/mol. The van der Waals surface area contributed by atoms with Crippen LogP contribution >= 0.6 is 0 Å². The SMILES string of the molecule is C[C@H](CCc1ccccc1)N[C@@H](C)C(=O)N1CC(C)(N=O)C[C@H]1C(=O)O. The van der Waals surface area contributed by atoms with E-state index in [4.69, 9.17) is 0 Å². The molecular formula is C19H27N3O4. The molecule has 2 N–H and O–H groups in total. The highest BCUT2D eigenvalue weighted by atomic mass is 16.4. The third-order valence-electron chi connectivity index (χ3n) is 4.92. The van der Waals surface area contributed by atoms with Crippen LogP contribution in [0.1, 0.15) is 39.2 Å². The largest absolute Gasteiger partial charge is 0.480 e. The number of carboxylic acids is 1. The van der Waals surface area contributed by atoms with E-state index in [1.807, 2.05) is 25.1 Å². The van der Waals surface area contributed by atoms with Gasteiger partial charge in [0, 0.05) is 12.5 Å². The number of nitrogens with one attached hydrogen (secondary N) is 1. The van der Waals surface area contributed by atoms with E-state index in [1.54, 1.807) is 13.8 Å². The zero-order valence-electron chi connectivity index (χ0n) is 15.5. The lowest BCUT2D eigenvalue weighted by molar-refractivity contribution is -0.148. The average Bonchev–Trinajstić information content (AvgIpc) is 2.99. The number of carboxylic acid groups (broad SMARTS) is 1. The number of rotatable bonds is 8. The molecule has 7 heteroatoms. The molecule has 1 aromatic carbocycles. The Bertz CT molecular complexity index is 651. The van der Waals surface area contributed by atoms with Gasteiger partial charge >= 0.3 is 5.97 Å². The Morgan fingerprint density at radius 1 is 1.35 bits per heavy atom. The molecule has 0 bridgehead atoms. The fourth-order valence-electron chi connectivity index (χ4n) is 3.44. The molecule has 1 aliphatic rings. The zero-order chi connectivity index (χ0) is 19.3. The van der Waals surface area contributed by atoms with Crippen molar-refractivity contribution in [2.45, 2.75) is 63.7 Å². The normalized spacial score (nSPS) is 24.9. The van der Waals surface area contributed by atoms with Crippen molar-refractivity contribution in [2.75, 3.05) is 6.54 Å². The van der Waals surface area contributed by atoms with Crippen molar-refractivity contribution in [1.29, 1.82) is 0 Å². The first-order valence-electron chi connectivity index (χ1n) is 8.93. The Morgan fingerprint density at radius 2 is 2.00 bits per heavy atom. The molecule has 142 valence electrons. The van der Waals surface area contributed by atoms with Crippen LogP contribution in [0, 0.1) is 4.91 Å². The van der Waals surface area contributed by atoms with Crippen LogP contribution in [-0.4, -0.2) is 52.1 Å². The Labute approximate surface area is 153 Å². The maximum atomic E-state index is 12.7. The number of benzene rings is 1. The summed E-state index contributed by atoms with van der Waals surface area (Å²) in [7, 11) is 0. The first-order chi connectivity index (χ1) is 12.3. The van der Waals surface area contributed by atoms with Crippen LogP contribution in [0.25, 0.3) is 0 Å². The number of amides is 1. The number of aliphatic carboxylic acids is 1. The molecule has 7 nitrogen and oxygen atoms in total. The van der Waals surface area contributed by atoms with E-state index in [0.717, 1.165) is 12.8 Å². The van der Waals surface area contributed by atoms with Gasteiger partial charge in [0.2, 0.25) is 5.91 Å². The summed E-state index contributed by atoms with van der Waals surface area (Å²) in [4.78, 5) is 36.5. The summed E-state index contributed by atoms with van der Waals surface area (Å²) in [6.45, 7) is 5.35. The van der Waals surface area contributed by atoms with E-state index < -0.39 is 23.6 Å². The minimum atomic E-state index is -1.10. The first-order valence-corrected chi connectivity index (χ1v) is 8.93. The van der Waals surface area contributed by atoms with E-state index in [1.165, 1.54) is 10.5 Å². The summed E-state index contributed by atoms with van der Waals surface area (Å²) < 4.78 is 0. The number of nitrogens with zero attached hydrogens (tertiary/aromatic N) is 2. The maximum Gasteiger partial charge on any atom is 0.326 e. The summed E-state index contributed by atoms with van der Waals surface area (Å²) in [5.41, 5.74) is 0.190. The lowest BCUT2D eigenvalue weighted by Gasteiger charge is -2.27. The molecule has 0 aliphatic carbocycles. The summed E-state index contributed by atoms with van der Waals surface area (Å²) in [6, 6.07) is 8.66. The van der Waals surface area contributed by atoms with Gasteiger partial charge in [-0.05, 0) is 39.2 Å². The molecule has 1 heterocycles. The molecule has 1 unspecified atom stereocenters. The molecule has 0 radical (unpaired) electrons. The van der Waals surface area contributed by atoms with Crippen molar-refractivity contribution in [2.24, 2.45) is 5.18 Å². The van der Waals surface area contributed by atoms with Gasteiger partial charge in [-0.15, -0.1) is 0 Å². The minimum absolute atomic E-state index is 0.0384. The van der Waals surface area contributed by atoms with Gasteiger partial charge in [-0.25, -0.2) is 4.79 Å². The molecule has 0 aromatic heterocycles. The molecule has 1 saturated heterocycles. The van der Waals surface area contributed by atoms with Crippen molar-refractivity contribution in [3.8, 4) is 0 Å². The van der Waals surface area contributed by atoms with Gasteiger partial charge in [-0.2, -0.15) is 4.91 Å². The van der Waals surface area contributed by atoms with Gasteiger partial charge in [-0.1, -0.05) is 35.5 Å². The second-order valence-electron chi connectivity index (χ2n) is 7.43.